The lowest BCUT2D eigenvalue weighted by Crippen LogP contribution is -1.83. The van der Waals surface area contributed by atoms with E-state index in [0.29, 0.717) is 0 Å². The molecule has 86 valence electrons. The zero-order chi connectivity index (χ0) is 12.0. The molecule has 0 aliphatic heterocycles. The van der Waals surface area contributed by atoms with Gasteiger partial charge in [-0.2, -0.15) is 0 Å². The minimum Gasteiger partial charge on any atom is -0.0940 e. The fraction of sp³-hybridized carbons (Fsp3) is 0.333. The molecular formula is C15H20S. The summed E-state index contributed by atoms with van der Waals surface area (Å²) in [4.78, 5) is 2.82. The monoisotopic (exact) mass is 232 g/mol. The highest BCUT2D eigenvalue weighted by atomic mass is 32.2. The number of thioether (sulfide) groups is 1. The number of rotatable bonds is 4. The average Bonchev–Trinajstić information content (AvgIpc) is 2.28. The maximum absolute atomic E-state index is 2.22. The van der Waals surface area contributed by atoms with Crippen molar-refractivity contribution in [3.05, 3.63) is 52.5 Å². The molecule has 1 rings (SSSR count). The van der Waals surface area contributed by atoms with Crippen molar-refractivity contribution in [2.75, 3.05) is 0 Å². The number of aryl methyl sites for hydroxylation is 1. The summed E-state index contributed by atoms with van der Waals surface area (Å²) in [6.07, 6.45) is 5.38. The Morgan fingerprint density at radius 1 is 1.31 bits per heavy atom. The highest BCUT2D eigenvalue weighted by Gasteiger charge is 2.03. The van der Waals surface area contributed by atoms with Crippen LogP contribution in [-0.4, -0.2) is 0 Å². The van der Waals surface area contributed by atoms with Crippen LogP contribution in [-0.2, 0) is 0 Å². The largest absolute Gasteiger partial charge is 0.0940 e. The van der Waals surface area contributed by atoms with Crippen LogP contribution in [0.2, 0.25) is 0 Å². The second-order valence-electron chi connectivity index (χ2n) is 3.83. The van der Waals surface area contributed by atoms with Crippen molar-refractivity contribution in [3.63, 3.8) is 0 Å². The molecule has 0 saturated carbocycles. The van der Waals surface area contributed by atoms with Gasteiger partial charge in [0.2, 0.25) is 0 Å². The minimum absolute atomic E-state index is 1.09. The number of allylic oxidation sites excluding steroid dienone is 4. The first-order chi connectivity index (χ1) is 7.69. The van der Waals surface area contributed by atoms with Crippen molar-refractivity contribution >= 4 is 11.8 Å². The minimum atomic E-state index is 1.09. The predicted octanol–water partition coefficient (Wildman–Crippen LogP) is 5.35. The summed E-state index contributed by atoms with van der Waals surface area (Å²) in [7, 11) is 0. The van der Waals surface area contributed by atoms with Crippen LogP contribution in [0.1, 0.15) is 32.8 Å². The lowest BCUT2D eigenvalue weighted by Gasteiger charge is -2.09. The number of hydrogen-bond acceptors (Lipinski definition) is 1. The van der Waals surface area contributed by atoms with Gasteiger partial charge in [-0.3, -0.25) is 0 Å². The van der Waals surface area contributed by atoms with Crippen molar-refractivity contribution in [1.29, 1.82) is 0 Å². The third-order valence-corrected chi connectivity index (χ3v) is 4.04. The van der Waals surface area contributed by atoms with E-state index in [1.165, 1.54) is 20.9 Å². The molecule has 0 atom stereocenters. The molecule has 0 unspecified atom stereocenters. The molecule has 0 radical (unpaired) electrons. The van der Waals surface area contributed by atoms with E-state index in [-0.39, 0.29) is 0 Å². The Hall–Kier alpha value is -0.950. The molecule has 1 aromatic carbocycles. The van der Waals surface area contributed by atoms with Crippen LogP contribution in [0.5, 0.6) is 0 Å². The van der Waals surface area contributed by atoms with Crippen LogP contribution >= 0.6 is 11.8 Å². The van der Waals surface area contributed by atoms with E-state index in [2.05, 4.69) is 64.1 Å². The molecule has 0 aliphatic carbocycles. The van der Waals surface area contributed by atoms with Gasteiger partial charge in [-0.1, -0.05) is 49.0 Å². The van der Waals surface area contributed by atoms with Gasteiger partial charge in [0.25, 0.3) is 0 Å². The van der Waals surface area contributed by atoms with Crippen LogP contribution in [0.4, 0.5) is 0 Å². The summed E-state index contributed by atoms with van der Waals surface area (Å²) in [6, 6.07) is 8.56. The highest BCUT2D eigenvalue weighted by Crippen LogP contribution is 2.33. The lowest BCUT2D eigenvalue weighted by molar-refractivity contribution is 1.16. The molecule has 0 aliphatic rings. The molecule has 0 N–H and O–H groups in total. The number of benzene rings is 1. The van der Waals surface area contributed by atoms with Gasteiger partial charge >= 0.3 is 0 Å². The Labute approximate surface area is 103 Å². The van der Waals surface area contributed by atoms with Crippen LogP contribution < -0.4 is 0 Å². The van der Waals surface area contributed by atoms with E-state index >= 15 is 0 Å². The third-order valence-electron chi connectivity index (χ3n) is 2.50. The van der Waals surface area contributed by atoms with Crippen LogP contribution in [0.3, 0.4) is 0 Å². The molecule has 1 aromatic rings. The molecule has 0 fully saturated rings. The topological polar surface area (TPSA) is 0 Å². The maximum Gasteiger partial charge on any atom is 0.0148 e. The van der Waals surface area contributed by atoms with Gasteiger partial charge in [0.05, 0.1) is 0 Å². The smallest absolute Gasteiger partial charge is 0.0148 e. The highest BCUT2D eigenvalue weighted by molar-refractivity contribution is 8.03. The van der Waals surface area contributed by atoms with E-state index in [9.17, 15) is 0 Å². The molecule has 0 spiro atoms. The van der Waals surface area contributed by atoms with Gasteiger partial charge in [-0.15, -0.1) is 0 Å². The molecule has 16 heavy (non-hydrogen) atoms. The standard InChI is InChI=1S/C15H20S/c1-5-9-12(3)14(6-2)16-15-11-8-7-10-13(15)4/h5,7-11H,6H2,1-4H3/b9-5-,14-12+. The maximum atomic E-state index is 2.22. The average molecular weight is 232 g/mol. The van der Waals surface area contributed by atoms with E-state index in [0.717, 1.165) is 6.42 Å². The Bertz CT molecular complexity index is 400. The van der Waals surface area contributed by atoms with Gasteiger partial charge in [-0.25, -0.2) is 0 Å². The zero-order valence-electron chi connectivity index (χ0n) is 10.6. The molecule has 0 bridgehead atoms. The second-order valence-corrected chi connectivity index (χ2v) is 4.96. The summed E-state index contributed by atoms with van der Waals surface area (Å²) in [5.74, 6) is 0. The normalized spacial score (nSPS) is 13.0. The summed E-state index contributed by atoms with van der Waals surface area (Å²) >= 11 is 1.89. The van der Waals surface area contributed by atoms with Crippen LogP contribution in [0, 0.1) is 6.92 Å². The van der Waals surface area contributed by atoms with Crippen molar-refractivity contribution in [2.24, 2.45) is 0 Å². The number of hydrogen-bond donors (Lipinski definition) is 0. The van der Waals surface area contributed by atoms with Gasteiger partial charge in [0.15, 0.2) is 0 Å². The van der Waals surface area contributed by atoms with Crippen LogP contribution in [0.25, 0.3) is 0 Å². The Morgan fingerprint density at radius 3 is 2.56 bits per heavy atom. The van der Waals surface area contributed by atoms with Gasteiger partial charge < -0.3 is 0 Å². The SMILES string of the molecule is C/C=C\C(C)=C(/CC)Sc1ccccc1C. The Balaban J connectivity index is 2.95. The zero-order valence-corrected chi connectivity index (χ0v) is 11.4. The Morgan fingerprint density at radius 2 is 2.00 bits per heavy atom. The predicted molar refractivity (Wildman–Crippen MR) is 74.8 cm³/mol. The Kier molecular flexibility index (Phi) is 5.41. The molecule has 0 aromatic heterocycles. The lowest BCUT2D eigenvalue weighted by atomic mass is 10.2. The molecular weight excluding hydrogens is 212 g/mol. The fourth-order valence-electron chi connectivity index (χ4n) is 1.58. The summed E-state index contributed by atoms with van der Waals surface area (Å²) < 4.78 is 0. The quantitative estimate of drug-likeness (QED) is 0.498. The summed E-state index contributed by atoms with van der Waals surface area (Å²) in [5, 5.41) is 0. The van der Waals surface area contributed by atoms with Gasteiger partial charge in [0.1, 0.15) is 0 Å². The fourth-order valence-corrected chi connectivity index (χ4v) is 2.59. The van der Waals surface area contributed by atoms with Crippen molar-refractivity contribution in [3.8, 4) is 0 Å². The van der Waals surface area contributed by atoms with E-state index in [1.54, 1.807) is 0 Å². The van der Waals surface area contributed by atoms with E-state index in [1.807, 2.05) is 11.8 Å². The molecule has 1 heteroatoms. The molecule has 0 amide bonds. The second kappa shape index (κ2) is 6.59. The summed E-state index contributed by atoms with van der Waals surface area (Å²) in [5.41, 5.74) is 2.73. The van der Waals surface area contributed by atoms with Gasteiger partial charge in [-0.05, 0) is 49.3 Å². The summed E-state index contributed by atoms with van der Waals surface area (Å²) in [6.45, 7) is 8.63. The molecule has 0 saturated heterocycles. The third kappa shape index (κ3) is 3.57. The first kappa shape index (κ1) is 13.1. The first-order valence-corrected chi connectivity index (χ1v) is 6.56. The molecule has 0 heterocycles. The van der Waals surface area contributed by atoms with Crippen molar-refractivity contribution in [2.45, 2.75) is 39.0 Å². The first-order valence-electron chi connectivity index (χ1n) is 5.75. The molecule has 0 nitrogen and oxygen atoms in total. The van der Waals surface area contributed by atoms with Crippen molar-refractivity contribution in [1.82, 2.24) is 0 Å². The van der Waals surface area contributed by atoms with E-state index in [4.69, 9.17) is 0 Å². The van der Waals surface area contributed by atoms with E-state index < -0.39 is 0 Å². The van der Waals surface area contributed by atoms with Crippen LogP contribution in [0.15, 0.2) is 51.8 Å². The van der Waals surface area contributed by atoms with Gasteiger partial charge in [0, 0.05) is 4.90 Å². The van der Waals surface area contributed by atoms with Crippen molar-refractivity contribution < 1.29 is 0 Å².